The number of anilines is 1. The molecule has 1 fully saturated rings. The third kappa shape index (κ3) is 5.42. The summed E-state index contributed by atoms with van der Waals surface area (Å²) in [5.74, 6) is 2.80. The van der Waals surface area contributed by atoms with Crippen molar-refractivity contribution >= 4 is 45.0 Å². The molecule has 0 radical (unpaired) electrons. The van der Waals surface area contributed by atoms with E-state index in [-0.39, 0.29) is 5.91 Å². The number of hydrogen-bond acceptors (Lipinski definition) is 7. The van der Waals surface area contributed by atoms with Crippen LogP contribution in [-0.4, -0.2) is 60.0 Å². The van der Waals surface area contributed by atoms with Crippen LogP contribution >= 0.6 is 23.1 Å². The maximum absolute atomic E-state index is 12.1. The van der Waals surface area contributed by atoms with Crippen molar-refractivity contribution in [1.29, 1.82) is 0 Å². The third-order valence-electron chi connectivity index (χ3n) is 5.78. The summed E-state index contributed by atoms with van der Waals surface area (Å²) in [5, 5.41) is 4.17. The van der Waals surface area contributed by atoms with E-state index in [2.05, 4.69) is 60.2 Å². The van der Waals surface area contributed by atoms with Crippen LogP contribution in [0.4, 0.5) is 5.82 Å². The zero-order chi connectivity index (χ0) is 22.5. The van der Waals surface area contributed by atoms with Gasteiger partial charge in [0.15, 0.2) is 0 Å². The number of hydrogen-bond donors (Lipinski definition) is 1. The van der Waals surface area contributed by atoms with Crippen LogP contribution in [0.3, 0.4) is 0 Å². The highest BCUT2D eigenvalue weighted by Crippen LogP contribution is 2.36. The number of nitrogens with zero attached hydrogens (tertiary/aromatic N) is 4. The van der Waals surface area contributed by atoms with Gasteiger partial charge < -0.3 is 10.2 Å². The first-order chi connectivity index (χ1) is 15.5. The molecule has 1 aromatic carbocycles. The van der Waals surface area contributed by atoms with Crippen LogP contribution < -0.4 is 10.2 Å². The standard InChI is InChI=1S/C24H31N5OS2/c1-4-10-25-21(30)15-28-11-13-29(14-12-28)23-22-17(2)18(3)32-24(22)27-20(26-23)16-31-19-8-6-5-7-9-19/h5-9H,4,10-16H2,1-3H3,(H,25,30). The quantitative estimate of drug-likeness (QED) is 0.498. The molecule has 1 aliphatic heterocycles. The maximum atomic E-state index is 12.1. The van der Waals surface area contributed by atoms with Crippen molar-refractivity contribution in [2.24, 2.45) is 0 Å². The average molecular weight is 470 g/mol. The van der Waals surface area contributed by atoms with Gasteiger partial charge >= 0.3 is 0 Å². The molecular formula is C24H31N5OS2. The fourth-order valence-corrected chi connectivity index (χ4v) is 5.69. The van der Waals surface area contributed by atoms with Crippen molar-refractivity contribution in [3.8, 4) is 0 Å². The number of aryl methyl sites for hydroxylation is 2. The van der Waals surface area contributed by atoms with Crippen molar-refractivity contribution in [2.45, 2.75) is 37.8 Å². The number of benzene rings is 1. The molecule has 3 heterocycles. The molecule has 0 atom stereocenters. The molecule has 1 N–H and O–H groups in total. The number of fused-ring (bicyclic) bond motifs is 1. The second-order valence-electron chi connectivity index (χ2n) is 8.14. The normalized spacial score (nSPS) is 14.8. The van der Waals surface area contributed by atoms with Gasteiger partial charge in [0, 0.05) is 42.5 Å². The third-order valence-corrected chi connectivity index (χ3v) is 7.89. The molecule has 1 saturated heterocycles. The summed E-state index contributed by atoms with van der Waals surface area (Å²) >= 11 is 3.53. The van der Waals surface area contributed by atoms with Crippen LogP contribution in [0.15, 0.2) is 35.2 Å². The van der Waals surface area contributed by atoms with E-state index in [0.29, 0.717) is 6.54 Å². The van der Waals surface area contributed by atoms with E-state index >= 15 is 0 Å². The first kappa shape index (κ1) is 23.0. The molecule has 0 spiro atoms. The molecule has 1 amide bonds. The van der Waals surface area contributed by atoms with Gasteiger partial charge in [-0.15, -0.1) is 23.1 Å². The highest BCUT2D eigenvalue weighted by molar-refractivity contribution is 7.98. The van der Waals surface area contributed by atoms with Crippen LogP contribution in [0.5, 0.6) is 0 Å². The molecule has 3 aromatic rings. The largest absolute Gasteiger partial charge is 0.355 e. The lowest BCUT2D eigenvalue weighted by atomic mass is 10.2. The van der Waals surface area contributed by atoms with Gasteiger partial charge in [-0.2, -0.15) is 0 Å². The summed E-state index contributed by atoms with van der Waals surface area (Å²) in [6.07, 6.45) is 0.966. The molecular weight excluding hydrogens is 438 g/mol. The van der Waals surface area contributed by atoms with Gasteiger partial charge in [-0.05, 0) is 38.0 Å². The zero-order valence-electron chi connectivity index (χ0n) is 19.1. The Hall–Kier alpha value is -2.16. The van der Waals surface area contributed by atoms with Crippen LogP contribution in [0.1, 0.15) is 29.6 Å². The van der Waals surface area contributed by atoms with Gasteiger partial charge in [-0.1, -0.05) is 25.1 Å². The minimum absolute atomic E-state index is 0.120. The number of amides is 1. The highest BCUT2D eigenvalue weighted by atomic mass is 32.2. The molecule has 0 saturated carbocycles. The number of aromatic nitrogens is 2. The number of piperazine rings is 1. The van der Waals surface area contributed by atoms with Crippen molar-refractivity contribution in [3.05, 3.63) is 46.6 Å². The molecule has 4 rings (SSSR count). The van der Waals surface area contributed by atoms with E-state index < -0.39 is 0 Å². The summed E-state index contributed by atoms with van der Waals surface area (Å²) in [7, 11) is 0. The second kappa shape index (κ2) is 10.6. The van der Waals surface area contributed by atoms with E-state index in [4.69, 9.17) is 9.97 Å². The van der Waals surface area contributed by atoms with Crippen molar-refractivity contribution in [3.63, 3.8) is 0 Å². The summed E-state index contributed by atoms with van der Waals surface area (Å²) < 4.78 is 0. The number of rotatable bonds is 8. The van der Waals surface area contributed by atoms with Gasteiger partial charge in [-0.25, -0.2) is 9.97 Å². The van der Waals surface area contributed by atoms with E-state index in [0.717, 1.165) is 61.4 Å². The molecule has 170 valence electrons. The fourth-order valence-electron chi connectivity index (χ4n) is 3.87. The summed E-state index contributed by atoms with van der Waals surface area (Å²) in [6.45, 7) is 11.1. The summed E-state index contributed by atoms with van der Waals surface area (Å²) in [6, 6.07) is 10.4. The van der Waals surface area contributed by atoms with E-state index in [1.54, 1.807) is 23.1 Å². The maximum Gasteiger partial charge on any atom is 0.234 e. The van der Waals surface area contributed by atoms with Gasteiger partial charge in [0.2, 0.25) is 5.91 Å². The zero-order valence-corrected chi connectivity index (χ0v) is 20.7. The first-order valence-corrected chi connectivity index (χ1v) is 13.0. The lowest BCUT2D eigenvalue weighted by molar-refractivity contribution is -0.122. The van der Waals surface area contributed by atoms with Crippen LogP contribution in [0.25, 0.3) is 10.2 Å². The Kier molecular flexibility index (Phi) is 7.65. The molecule has 6 nitrogen and oxygen atoms in total. The van der Waals surface area contributed by atoms with E-state index in [1.807, 2.05) is 6.07 Å². The molecule has 2 aromatic heterocycles. The number of thiophene rings is 1. The number of carbonyl (C=O) groups excluding carboxylic acids is 1. The molecule has 0 unspecified atom stereocenters. The Bertz CT molecular complexity index is 1060. The molecule has 0 bridgehead atoms. The predicted molar refractivity (Wildman–Crippen MR) is 135 cm³/mol. The lowest BCUT2D eigenvalue weighted by Crippen LogP contribution is -2.49. The Morgan fingerprint density at radius 2 is 1.88 bits per heavy atom. The molecule has 8 heteroatoms. The Morgan fingerprint density at radius 1 is 1.12 bits per heavy atom. The predicted octanol–water partition coefficient (Wildman–Crippen LogP) is 4.25. The Labute approximate surface area is 198 Å². The van der Waals surface area contributed by atoms with E-state index in [9.17, 15) is 4.79 Å². The Morgan fingerprint density at radius 3 is 2.59 bits per heavy atom. The Balaban J connectivity index is 1.50. The van der Waals surface area contributed by atoms with Gasteiger partial charge in [0.25, 0.3) is 0 Å². The topological polar surface area (TPSA) is 61.4 Å². The van der Waals surface area contributed by atoms with Crippen molar-refractivity contribution in [2.75, 3.05) is 44.2 Å². The van der Waals surface area contributed by atoms with Gasteiger partial charge in [0.1, 0.15) is 16.5 Å². The summed E-state index contributed by atoms with van der Waals surface area (Å²) in [5.41, 5.74) is 1.28. The van der Waals surface area contributed by atoms with Crippen molar-refractivity contribution < 1.29 is 4.79 Å². The smallest absolute Gasteiger partial charge is 0.234 e. The van der Waals surface area contributed by atoms with Gasteiger partial charge in [0.05, 0.1) is 17.7 Å². The molecule has 32 heavy (non-hydrogen) atoms. The van der Waals surface area contributed by atoms with Gasteiger partial charge in [-0.3, -0.25) is 9.69 Å². The minimum Gasteiger partial charge on any atom is -0.355 e. The highest BCUT2D eigenvalue weighted by Gasteiger charge is 2.24. The van der Waals surface area contributed by atoms with Crippen LogP contribution in [0, 0.1) is 13.8 Å². The number of carbonyl (C=O) groups is 1. The first-order valence-electron chi connectivity index (χ1n) is 11.2. The van der Waals surface area contributed by atoms with Crippen molar-refractivity contribution in [1.82, 2.24) is 20.2 Å². The van der Waals surface area contributed by atoms with Crippen LogP contribution in [-0.2, 0) is 10.5 Å². The fraction of sp³-hybridized carbons (Fsp3) is 0.458. The number of nitrogens with one attached hydrogen (secondary N) is 1. The summed E-state index contributed by atoms with van der Waals surface area (Å²) in [4.78, 5) is 30.3. The molecule has 1 aliphatic rings. The molecule has 0 aliphatic carbocycles. The lowest BCUT2D eigenvalue weighted by Gasteiger charge is -2.35. The number of thioether (sulfide) groups is 1. The van der Waals surface area contributed by atoms with Crippen LogP contribution in [0.2, 0.25) is 0 Å². The van der Waals surface area contributed by atoms with E-state index in [1.165, 1.54) is 20.7 Å². The average Bonchev–Trinajstić information content (AvgIpc) is 3.10. The monoisotopic (exact) mass is 469 g/mol. The second-order valence-corrected chi connectivity index (χ2v) is 10.4. The minimum atomic E-state index is 0.120. The SMILES string of the molecule is CCCNC(=O)CN1CCN(c2nc(CSc3ccccc3)nc3sc(C)c(C)c23)CC1.